The molecule has 18 heavy (non-hydrogen) atoms. The molecule has 0 amide bonds. The zero-order valence-corrected chi connectivity index (χ0v) is 10.2. The van der Waals surface area contributed by atoms with Gasteiger partial charge in [-0.15, -0.1) is 0 Å². The zero-order chi connectivity index (χ0) is 12.5. The number of benzene rings is 1. The number of nitrogens with two attached hydrogens (primary N) is 1. The Kier molecular flexibility index (Phi) is 2.48. The molecule has 3 rings (SSSR count). The van der Waals surface area contributed by atoms with Crippen LogP contribution in [-0.4, -0.2) is 14.5 Å². The maximum absolute atomic E-state index is 5.61. The van der Waals surface area contributed by atoms with Crippen molar-refractivity contribution in [3.05, 3.63) is 42.6 Å². The highest BCUT2D eigenvalue weighted by Gasteiger charge is 2.10. The van der Waals surface area contributed by atoms with E-state index in [0.29, 0.717) is 5.82 Å². The third-order valence-electron chi connectivity index (χ3n) is 3.02. The molecule has 0 saturated heterocycles. The van der Waals surface area contributed by atoms with Crippen molar-refractivity contribution in [3.8, 4) is 11.4 Å². The first kappa shape index (κ1) is 10.8. The molecule has 0 aliphatic heterocycles. The lowest BCUT2D eigenvalue weighted by Gasteiger charge is -2.05. The van der Waals surface area contributed by atoms with E-state index in [1.807, 2.05) is 24.3 Å². The number of para-hydroxylation sites is 2. The number of anilines is 1. The van der Waals surface area contributed by atoms with Gasteiger partial charge in [0.2, 0.25) is 0 Å². The topological polar surface area (TPSA) is 56.7 Å². The fraction of sp³-hybridized carbons (Fsp3) is 0.143. The van der Waals surface area contributed by atoms with Crippen LogP contribution in [0.1, 0.15) is 6.92 Å². The molecule has 0 spiro atoms. The van der Waals surface area contributed by atoms with Crippen LogP contribution in [0.4, 0.5) is 5.82 Å². The van der Waals surface area contributed by atoms with Crippen molar-refractivity contribution in [2.45, 2.75) is 13.5 Å². The molecule has 4 heteroatoms. The quantitative estimate of drug-likeness (QED) is 0.746. The third-order valence-corrected chi connectivity index (χ3v) is 3.02. The fourth-order valence-corrected chi connectivity index (χ4v) is 2.15. The van der Waals surface area contributed by atoms with E-state index in [1.54, 1.807) is 12.3 Å². The zero-order valence-electron chi connectivity index (χ0n) is 10.2. The van der Waals surface area contributed by atoms with Gasteiger partial charge in [-0.3, -0.25) is 0 Å². The van der Waals surface area contributed by atoms with Crippen LogP contribution < -0.4 is 5.73 Å². The molecule has 0 bridgehead atoms. The minimum Gasteiger partial charge on any atom is -0.384 e. The van der Waals surface area contributed by atoms with Crippen LogP contribution in [0.2, 0.25) is 0 Å². The predicted molar refractivity (Wildman–Crippen MR) is 73.1 cm³/mol. The van der Waals surface area contributed by atoms with Crippen molar-refractivity contribution >= 4 is 16.9 Å². The largest absolute Gasteiger partial charge is 0.384 e. The van der Waals surface area contributed by atoms with Gasteiger partial charge in [0.1, 0.15) is 11.6 Å². The van der Waals surface area contributed by atoms with Gasteiger partial charge in [-0.25, -0.2) is 9.97 Å². The normalized spacial score (nSPS) is 10.9. The van der Waals surface area contributed by atoms with Crippen LogP contribution >= 0.6 is 0 Å². The first-order valence-electron chi connectivity index (χ1n) is 5.96. The molecule has 4 nitrogen and oxygen atoms in total. The number of pyridine rings is 1. The molecule has 1 aromatic carbocycles. The highest BCUT2D eigenvalue weighted by atomic mass is 15.1. The average Bonchev–Trinajstić information content (AvgIpc) is 2.78. The van der Waals surface area contributed by atoms with Crippen molar-refractivity contribution in [2.24, 2.45) is 0 Å². The van der Waals surface area contributed by atoms with Crippen LogP contribution in [-0.2, 0) is 6.54 Å². The van der Waals surface area contributed by atoms with E-state index in [2.05, 4.69) is 27.5 Å². The maximum atomic E-state index is 5.61. The highest BCUT2D eigenvalue weighted by Crippen LogP contribution is 2.24. The van der Waals surface area contributed by atoms with Crippen LogP contribution in [0.3, 0.4) is 0 Å². The van der Waals surface area contributed by atoms with Crippen LogP contribution in [0.5, 0.6) is 0 Å². The molecular formula is C14H14N4. The second-order valence-electron chi connectivity index (χ2n) is 4.14. The second kappa shape index (κ2) is 4.14. The van der Waals surface area contributed by atoms with Gasteiger partial charge in [0.15, 0.2) is 0 Å². The molecule has 0 saturated carbocycles. The van der Waals surface area contributed by atoms with E-state index < -0.39 is 0 Å². The van der Waals surface area contributed by atoms with Gasteiger partial charge in [-0.2, -0.15) is 0 Å². The second-order valence-corrected chi connectivity index (χ2v) is 4.14. The van der Waals surface area contributed by atoms with Gasteiger partial charge in [0.25, 0.3) is 0 Å². The Bertz CT molecular complexity index is 683. The lowest BCUT2D eigenvalue weighted by Crippen LogP contribution is -1.98. The summed E-state index contributed by atoms with van der Waals surface area (Å²) in [5.74, 6) is 1.46. The summed E-state index contributed by atoms with van der Waals surface area (Å²) in [6.07, 6.45) is 1.77. The first-order valence-corrected chi connectivity index (χ1v) is 5.96. The molecule has 90 valence electrons. The van der Waals surface area contributed by atoms with Crippen LogP contribution in [0.15, 0.2) is 42.6 Å². The van der Waals surface area contributed by atoms with Gasteiger partial charge >= 0.3 is 0 Å². The minimum atomic E-state index is 0.526. The molecule has 2 heterocycles. The number of imidazole rings is 1. The summed E-state index contributed by atoms with van der Waals surface area (Å²) in [6.45, 7) is 2.99. The summed E-state index contributed by atoms with van der Waals surface area (Å²) >= 11 is 0. The number of hydrogen-bond acceptors (Lipinski definition) is 3. The summed E-state index contributed by atoms with van der Waals surface area (Å²) < 4.78 is 2.18. The predicted octanol–water partition coefficient (Wildman–Crippen LogP) is 2.70. The lowest BCUT2D eigenvalue weighted by molar-refractivity contribution is 0.796. The third kappa shape index (κ3) is 1.62. The van der Waals surface area contributed by atoms with Crippen molar-refractivity contribution in [1.82, 2.24) is 14.5 Å². The Morgan fingerprint density at radius 2 is 2.00 bits per heavy atom. The molecule has 0 unspecified atom stereocenters. The molecule has 2 N–H and O–H groups in total. The van der Waals surface area contributed by atoms with Gasteiger partial charge in [0, 0.05) is 18.3 Å². The molecule has 2 aromatic heterocycles. The molecule has 0 fully saturated rings. The van der Waals surface area contributed by atoms with Crippen molar-refractivity contribution in [2.75, 3.05) is 5.73 Å². The van der Waals surface area contributed by atoms with E-state index in [-0.39, 0.29) is 0 Å². The maximum Gasteiger partial charge on any atom is 0.142 e. The standard InChI is InChI=1S/C14H14N4/c1-2-18-12-6-4-3-5-11(12)17-14(18)10-7-8-13(15)16-9-10/h3-9H,2H2,1H3,(H2,15,16). The summed E-state index contributed by atoms with van der Waals surface area (Å²) in [7, 11) is 0. The lowest BCUT2D eigenvalue weighted by atomic mass is 10.2. The van der Waals surface area contributed by atoms with Gasteiger partial charge in [-0.05, 0) is 31.2 Å². The highest BCUT2D eigenvalue weighted by molar-refractivity contribution is 5.80. The number of aromatic nitrogens is 3. The van der Waals surface area contributed by atoms with E-state index in [1.165, 1.54) is 0 Å². The molecule has 3 aromatic rings. The van der Waals surface area contributed by atoms with E-state index in [4.69, 9.17) is 5.73 Å². The Morgan fingerprint density at radius 3 is 2.72 bits per heavy atom. The van der Waals surface area contributed by atoms with Gasteiger partial charge in [0.05, 0.1) is 11.0 Å². The van der Waals surface area contributed by atoms with Crippen molar-refractivity contribution in [3.63, 3.8) is 0 Å². The smallest absolute Gasteiger partial charge is 0.142 e. The van der Waals surface area contributed by atoms with E-state index in [9.17, 15) is 0 Å². The number of hydrogen-bond donors (Lipinski definition) is 1. The molecular weight excluding hydrogens is 224 g/mol. The first-order chi connectivity index (χ1) is 8.79. The monoisotopic (exact) mass is 238 g/mol. The van der Waals surface area contributed by atoms with Gasteiger partial charge in [-0.1, -0.05) is 12.1 Å². The Labute approximate surface area is 105 Å². The summed E-state index contributed by atoms with van der Waals surface area (Å²) in [4.78, 5) is 8.79. The minimum absolute atomic E-state index is 0.526. The molecule has 0 aliphatic rings. The van der Waals surface area contributed by atoms with Gasteiger partial charge < -0.3 is 10.3 Å². The number of aryl methyl sites for hydroxylation is 1. The molecule has 0 radical (unpaired) electrons. The Hall–Kier alpha value is -2.36. The SMILES string of the molecule is CCn1c(-c2ccc(N)nc2)nc2ccccc21. The van der Waals surface area contributed by atoms with Crippen molar-refractivity contribution < 1.29 is 0 Å². The van der Waals surface area contributed by atoms with Crippen LogP contribution in [0.25, 0.3) is 22.4 Å². The van der Waals surface area contributed by atoms with Crippen LogP contribution in [0, 0.1) is 0 Å². The van der Waals surface area contributed by atoms with E-state index in [0.717, 1.165) is 29.0 Å². The Balaban J connectivity index is 2.25. The number of rotatable bonds is 2. The number of fused-ring (bicyclic) bond motifs is 1. The van der Waals surface area contributed by atoms with E-state index >= 15 is 0 Å². The number of nitrogen functional groups attached to an aromatic ring is 1. The summed E-state index contributed by atoms with van der Waals surface area (Å²) in [5.41, 5.74) is 8.75. The summed E-state index contributed by atoms with van der Waals surface area (Å²) in [6, 6.07) is 11.9. The number of nitrogens with zero attached hydrogens (tertiary/aromatic N) is 3. The average molecular weight is 238 g/mol. The Morgan fingerprint density at radius 1 is 1.17 bits per heavy atom. The molecule has 0 aliphatic carbocycles. The van der Waals surface area contributed by atoms with Crippen molar-refractivity contribution in [1.29, 1.82) is 0 Å². The summed E-state index contributed by atoms with van der Waals surface area (Å²) in [5, 5.41) is 0. The molecule has 0 atom stereocenters. The fourth-order valence-electron chi connectivity index (χ4n) is 2.15.